The Kier molecular flexibility index (Phi) is 3.66. The molecule has 1 saturated heterocycles. The summed E-state index contributed by atoms with van der Waals surface area (Å²) in [7, 11) is -5.87. The Balaban J connectivity index is 2.16. The van der Waals surface area contributed by atoms with Crippen molar-refractivity contribution < 1.29 is 16.8 Å². The average molecular weight is 309 g/mol. The van der Waals surface area contributed by atoms with Crippen LogP contribution in [0.4, 0.5) is 0 Å². The first-order chi connectivity index (χ1) is 8.73. The lowest BCUT2D eigenvalue weighted by atomic mass is 10.4. The van der Waals surface area contributed by atoms with Crippen molar-refractivity contribution in [1.82, 2.24) is 18.4 Å². The van der Waals surface area contributed by atoms with Gasteiger partial charge in [-0.3, -0.25) is 4.68 Å². The van der Waals surface area contributed by atoms with Gasteiger partial charge >= 0.3 is 0 Å². The molecular weight excluding hydrogens is 294 g/mol. The third kappa shape index (κ3) is 2.79. The van der Waals surface area contributed by atoms with Crippen LogP contribution in [0.5, 0.6) is 0 Å². The van der Waals surface area contributed by atoms with Crippen LogP contribution in [-0.2, 0) is 27.3 Å². The second-order valence-electron chi connectivity index (χ2n) is 4.14. The van der Waals surface area contributed by atoms with E-state index >= 15 is 0 Å². The Morgan fingerprint density at radius 3 is 2.05 bits per heavy atom. The third-order valence-electron chi connectivity index (χ3n) is 2.94. The molecule has 1 aliphatic heterocycles. The number of nitrogens with two attached hydrogens (primary N) is 1. The van der Waals surface area contributed by atoms with Gasteiger partial charge in [0, 0.05) is 33.2 Å². The Morgan fingerprint density at radius 1 is 1.11 bits per heavy atom. The van der Waals surface area contributed by atoms with Crippen molar-refractivity contribution in [3.05, 3.63) is 12.3 Å². The summed E-state index contributed by atoms with van der Waals surface area (Å²) < 4.78 is 50.4. The molecular formula is C8H15N5O4S2. The van der Waals surface area contributed by atoms with E-state index in [4.69, 9.17) is 5.14 Å². The van der Waals surface area contributed by atoms with Crippen molar-refractivity contribution in [1.29, 1.82) is 0 Å². The van der Waals surface area contributed by atoms with Gasteiger partial charge in [-0.05, 0) is 6.07 Å². The Morgan fingerprint density at radius 2 is 1.63 bits per heavy atom. The predicted octanol–water partition coefficient (Wildman–Crippen LogP) is -2.07. The number of aryl methyl sites for hydroxylation is 1. The van der Waals surface area contributed by atoms with Crippen LogP contribution >= 0.6 is 0 Å². The van der Waals surface area contributed by atoms with Gasteiger partial charge in [0.05, 0.1) is 6.20 Å². The van der Waals surface area contributed by atoms with E-state index in [0.717, 1.165) is 4.31 Å². The quantitative estimate of drug-likeness (QED) is 0.688. The normalized spacial score (nSPS) is 19.7. The highest BCUT2D eigenvalue weighted by Crippen LogP contribution is 2.17. The molecule has 19 heavy (non-hydrogen) atoms. The Bertz CT molecular complexity index is 657. The molecule has 0 radical (unpaired) electrons. The van der Waals surface area contributed by atoms with Crippen LogP contribution < -0.4 is 5.14 Å². The molecule has 11 heteroatoms. The Hall–Kier alpha value is -1.01. The number of aromatic nitrogens is 2. The van der Waals surface area contributed by atoms with Gasteiger partial charge in [0.15, 0.2) is 5.03 Å². The lowest BCUT2D eigenvalue weighted by Gasteiger charge is -2.31. The number of rotatable bonds is 3. The maximum Gasteiger partial charge on any atom is 0.276 e. The van der Waals surface area contributed by atoms with Gasteiger partial charge in [-0.1, -0.05) is 0 Å². The van der Waals surface area contributed by atoms with E-state index in [1.165, 1.54) is 28.3 Å². The maximum atomic E-state index is 12.3. The zero-order chi connectivity index (χ0) is 14.3. The second-order valence-corrected chi connectivity index (χ2v) is 7.57. The van der Waals surface area contributed by atoms with Crippen molar-refractivity contribution in [2.75, 3.05) is 26.2 Å². The molecule has 0 atom stereocenters. The minimum Gasteiger partial charge on any atom is -0.256 e. The van der Waals surface area contributed by atoms with Gasteiger partial charge in [-0.25, -0.2) is 13.6 Å². The highest BCUT2D eigenvalue weighted by Gasteiger charge is 2.32. The molecule has 0 amide bonds. The summed E-state index contributed by atoms with van der Waals surface area (Å²) in [4.78, 5) is 0. The zero-order valence-electron chi connectivity index (χ0n) is 10.3. The highest BCUT2D eigenvalue weighted by molar-refractivity contribution is 7.89. The molecule has 2 rings (SSSR count). The molecule has 0 aromatic carbocycles. The summed E-state index contributed by atoms with van der Waals surface area (Å²) in [6, 6.07) is 1.40. The van der Waals surface area contributed by atoms with Crippen molar-refractivity contribution >= 4 is 20.2 Å². The SMILES string of the molecule is Cn1nccc1S(=O)(=O)N1CCN(S(N)(=O)=O)CC1. The monoisotopic (exact) mass is 309 g/mol. The molecule has 1 fully saturated rings. The van der Waals surface area contributed by atoms with E-state index < -0.39 is 20.2 Å². The summed E-state index contributed by atoms with van der Waals surface area (Å²) in [5.41, 5.74) is 0. The smallest absolute Gasteiger partial charge is 0.256 e. The second kappa shape index (κ2) is 4.83. The molecule has 1 aromatic rings. The van der Waals surface area contributed by atoms with Crippen LogP contribution in [0.3, 0.4) is 0 Å². The largest absolute Gasteiger partial charge is 0.276 e. The van der Waals surface area contributed by atoms with Crippen LogP contribution in [0, 0.1) is 0 Å². The van der Waals surface area contributed by atoms with Crippen LogP contribution in [0.1, 0.15) is 0 Å². The molecule has 0 aliphatic carbocycles. The molecule has 0 bridgehead atoms. The number of sulfonamides is 1. The number of hydrogen-bond acceptors (Lipinski definition) is 5. The van der Waals surface area contributed by atoms with Crippen LogP contribution in [0.15, 0.2) is 17.3 Å². The zero-order valence-corrected chi connectivity index (χ0v) is 11.9. The fraction of sp³-hybridized carbons (Fsp3) is 0.625. The van der Waals surface area contributed by atoms with Gasteiger partial charge in [0.1, 0.15) is 0 Å². The van der Waals surface area contributed by atoms with E-state index in [9.17, 15) is 16.8 Å². The molecule has 1 aliphatic rings. The van der Waals surface area contributed by atoms with Crippen molar-refractivity contribution in [2.24, 2.45) is 12.2 Å². The minimum absolute atomic E-state index is 0.0515. The molecule has 0 unspecified atom stereocenters. The van der Waals surface area contributed by atoms with Crippen molar-refractivity contribution in [2.45, 2.75) is 5.03 Å². The average Bonchev–Trinajstić information content (AvgIpc) is 2.75. The summed E-state index contributed by atoms with van der Waals surface area (Å²) in [5, 5.41) is 8.90. The molecule has 2 heterocycles. The Labute approximate surface area is 111 Å². The summed E-state index contributed by atoms with van der Waals surface area (Å²) in [6.07, 6.45) is 1.40. The number of piperazine rings is 1. The first-order valence-corrected chi connectivity index (χ1v) is 8.43. The van der Waals surface area contributed by atoms with Crippen LogP contribution in [0.2, 0.25) is 0 Å². The first kappa shape index (κ1) is 14.4. The standard InChI is InChI=1S/C8H15N5O4S2/c1-11-8(2-3-10-11)18(14,15)12-4-6-13(7-5-12)19(9,16)17/h2-3H,4-7H2,1H3,(H2,9,16,17). The van der Waals surface area contributed by atoms with Gasteiger partial charge in [0.25, 0.3) is 20.2 Å². The van der Waals surface area contributed by atoms with E-state index in [2.05, 4.69) is 5.10 Å². The topological polar surface area (TPSA) is 119 Å². The van der Waals surface area contributed by atoms with Gasteiger partial charge in [-0.2, -0.15) is 22.1 Å². The molecule has 9 nitrogen and oxygen atoms in total. The molecule has 2 N–H and O–H groups in total. The van der Waals surface area contributed by atoms with E-state index in [1.807, 2.05) is 0 Å². The number of hydrogen-bond donors (Lipinski definition) is 1. The molecule has 1 aromatic heterocycles. The van der Waals surface area contributed by atoms with E-state index in [0.29, 0.717) is 0 Å². The summed E-state index contributed by atoms with van der Waals surface area (Å²) >= 11 is 0. The van der Waals surface area contributed by atoms with Crippen molar-refractivity contribution in [3.63, 3.8) is 0 Å². The van der Waals surface area contributed by atoms with E-state index in [1.54, 1.807) is 0 Å². The molecule has 0 spiro atoms. The van der Waals surface area contributed by atoms with Gasteiger partial charge in [-0.15, -0.1) is 0 Å². The molecule has 0 saturated carbocycles. The first-order valence-electron chi connectivity index (χ1n) is 5.49. The minimum atomic E-state index is -3.76. The van der Waals surface area contributed by atoms with Gasteiger partial charge in [0.2, 0.25) is 0 Å². The fourth-order valence-corrected chi connectivity index (χ4v) is 4.11. The van der Waals surface area contributed by atoms with Crippen molar-refractivity contribution in [3.8, 4) is 0 Å². The van der Waals surface area contributed by atoms with E-state index in [-0.39, 0.29) is 31.2 Å². The maximum absolute atomic E-state index is 12.3. The summed E-state index contributed by atoms with van der Waals surface area (Å²) in [5.74, 6) is 0. The lowest BCUT2D eigenvalue weighted by Crippen LogP contribution is -2.52. The summed E-state index contributed by atoms with van der Waals surface area (Å²) in [6.45, 7) is 0.250. The van der Waals surface area contributed by atoms with Crippen LogP contribution in [-0.4, -0.2) is 61.4 Å². The lowest BCUT2D eigenvalue weighted by molar-refractivity contribution is 0.271. The third-order valence-corrected chi connectivity index (χ3v) is 6.00. The molecule has 108 valence electrons. The number of nitrogens with zero attached hydrogens (tertiary/aromatic N) is 4. The highest BCUT2D eigenvalue weighted by atomic mass is 32.2. The predicted molar refractivity (Wildman–Crippen MR) is 66.6 cm³/mol. The van der Waals surface area contributed by atoms with Gasteiger partial charge < -0.3 is 0 Å². The van der Waals surface area contributed by atoms with Crippen LogP contribution in [0.25, 0.3) is 0 Å². The fourth-order valence-electron chi connectivity index (χ4n) is 1.91.